The van der Waals surface area contributed by atoms with Crippen molar-refractivity contribution in [1.82, 2.24) is 4.90 Å². The Labute approximate surface area is 87.6 Å². The van der Waals surface area contributed by atoms with Gasteiger partial charge >= 0.3 is 0 Å². The molecule has 4 unspecified atom stereocenters. The molecule has 2 rings (SSSR count). The zero-order chi connectivity index (χ0) is 10.5. The number of morpholine rings is 1. The maximum absolute atomic E-state index is 6.21. The highest BCUT2D eigenvalue weighted by atomic mass is 16.5. The molecule has 1 saturated heterocycles. The minimum atomic E-state index is 0.0359. The molecule has 0 spiro atoms. The van der Waals surface area contributed by atoms with Gasteiger partial charge in [0.2, 0.25) is 0 Å². The second-order valence-corrected chi connectivity index (χ2v) is 5.94. The summed E-state index contributed by atoms with van der Waals surface area (Å²) in [5, 5.41) is 0. The van der Waals surface area contributed by atoms with E-state index in [0.717, 1.165) is 18.4 Å². The highest BCUT2D eigenvalue weighted by Crippen LogP contribution is 2.41. The van der Waals surface area contributed by atoms with Crippen molar-refractivity contribution in [3.63, 3.8) is 0 Å². The lowest BCUT2D eigenvalue weighted by Gasteiger charge is -2.46. The van der Waals surface area contributed by atoms with Gasteiger partial charge < -0.3 is 4.74 Å². The van der Waals surface area contributed by atoms with E-state index in [1.54, 1.807) is 0 Å². The van der Waals surface area contributed by atoms with E-state index in [2.05, 4.69) is 39.6 Å². The summed E-state index contributed by atoms with van der Waals surface area (Å²) in [5.74, 6) is 1.51. The van der Waals surface area contributed by atoms with Gasteiger partial charge in [-0.25, -0.2) is 0 Å². The molecule has 0 bridgehead atoms. The Hall–Kier alpha value is -0.0800. The van der Waals surface area contributed by atoms with Crippen LogP contribution in [0.5, 0.6) is 0 Å². The number of likely N-dealkylation sites (N-methyl/N-ethyl adjacent to an activating group) is 1. The molecule has 82 valence electrons. The van der Waals surface area contributed by atoms with Crippen molar-refractivity contribution in [1.29, 1.82) is 0 Å². The van der Waals surface area contributed by atoms with Crippen LogP contribution in [0.1, 0.15) is 34.1 Å². The molecule has 0 N–H and O–H groups in total. The lowest BCUT2D eigenvalue weighted by atomic mass is 9.96. The average molecular weight is 197 g/mol. The second kappa shape index (κ2) is 3.21. The van der Waals surface area contributed by atoms with Crippen LogP contribution in [-0.4, -0.2) is 36.2 Å². The highest BCUT2D eigenvalue weighted by Gasteiger charge is 2.48. The largest absolute Gasteiger partial charge is 0.369 e. The standard InChI is InChI=1S/C12H23NO/c1-8-6-9(2)11-10(8)13(5)7-12(3,4)14-11/h8-11H,6-7H2,1-5H3. The summed E-state index contributed by atoms with van der Waals surface area (Å²) in [6.07, 6.45) is 1.77. The van der Waals surface area contributed by atoms with E-state index in [4.69, 9.17) is 4.74 Å². The van der Waals surface area contributed by atoms with Gasteiger partial charge in [0.15, 0.2) is 0 Å². The maximum atomic E-state index is 6.21. The van der Waals surface area contributed by atoms with Crippen molar-refractivity contribution in [2.75, 3.05) is 13.6 Å². The molecule has 2 heteroatoms. The van der Waals surface area contributed by atoms with Crippen molar-refractivity contribution in [3.8, 4) is 0 Å². The van der Waals surface area contributed by atoms with Gasteiger partial charge in [-0.05, 0) is 39.2 Å². The number of hydrogen-bond acceptors (Lipinski definition) is 2. The van der Waals surface area contributed by atoms with E-state index in [1.807, 2.05) is 0 Å². The van der Waals surface area contributed by atoms with Crippen molar-refractivity contribution in [3.05, 3.63) is 0 Å². The van der Waals surface area contributed by atoms with Crippen LogP contribution in [0.3, 0.4) is 0 Å². The first-order valence-electron chi connectivity index (χ1n) is 5.79. The van der Waals surface area contributed by atoms with Crippen LogP contribution in [0.25, 0.3) is 0 Å². The van der Waals surface area contributed by atoms with Crippen LogP contribution in [0, 0.1) is 11.8 Å². The fourth-order valence-electron chi connectivity index (χ4n) is 3.50. The summed E-state index contributed by atoms with van der Waals surface area (Å²) >= 11 is 0. The predicted molar refractivity (Wildman–Crippen MR) is 58.3 cm³/mol. The lowest BCUT2D eigenvalue weighted by Crippen LogP contribution is -2.57. The topological polar surface area (TPSA) is 12.5 Å². The summed E-state index contributed by atoms with van der Waals surface area (Å²) in [5.41, 5.74) is 0.0359. The molecule has 1 saturated carbocycles. The third kappa shape index (κ3) is 1.59. The molecule has 2 aliphatic rings. The third-order valence-corrected chi connectivity index (χ3v) is 3.82. The van der Waals surface area contributed by atoms with Gasteiger partial charge in [-0.3, -0.25) is 4.90 Å². The summed E-state index contributed by atoms with van der Waals surface area (Å²) < 4.78 is 6.21. The molecule has 1 aliphatic carbocycles. The first-order valence-corrected chi connectivity index (χ1v) is 5.79. The summed E-state index contributed by atoms with van der Waals surface area (Å²) in [4.78, 5) is 2.50. The first kappa shape index (κ1) is 10.4. The number of nitrogens with zero attached hydrogens (tertiary/aromatic N) is 1. The molecule has 0 radical (unpaired) electrons. The van der Waals surface area contributed by atoms with Gasteiger partial charge in [-0.15, -0.1) is 0 Å². The molecule has 14 heavy (non-hydrogen) atoms. The number of rotatable bonds is 0. The maximum Gasteiger partial charge on any atom is 0.0766 e. The van der Waals surface area contributed by atoms with E-state index in [9.17, 15) is 0 Å². The van der Waals surface area contributed by atoms with Gasteiger partial charge in [0, 0.05) is 12.6 Å². The zero-order valence-corrected chi connectivity index (χ0v) is 10.1. The summed E-state index contributed by atoms with van der Waals surface area (Å²) in [6, 6.07) is 0.651. The second-order valence-electron chi connectivity index (χ2n) is 5.94. The predicted octanol–water partition coefficient (Wildman–Crippen LogP) is 2.14. The van der Waals surface area contributed by atoms with E-state index >= 15 is 0 Å². The Bertz CT molecular complexity index is 226. The van der Waals surface area contributed by atoms with E-state index < -0.39 is 0 Å². The SMILES string of the molecule is CC1CC(C)C2C1OC(C)(C)CN2C. The molecule has 2 fully saturated rings. The number of hydrogen-bond donors (Lipinski definition) is 0. The van der Waals surface area contributed by atoms with E-state index in [0.29, 0.717) is 12.1 Å². The molecule has 0 amide bonds. The quantitative estimate of drug-likeness (QED) is 0.590. The molecule has 0 aromatic heterocycles. The van der Waals surface area contributed by atoms with Gasteiger partial charge in [0.05, 0.1) is 11.7 Å². The molecular formula is C12H23NO. The highest BCUT2D eigenvalue weighted by molar-refractivity contribution is 4.99. The van der Waals surface area contributed by atoms with Crippen molar-refractivity contribution >= 4 is 0 Å². The fourth-order valence-corrected chi connectivity index (χ4v) is 3.50. The van der Waals surface area contributed by atoms with E-state index in [1.165, 1.54) is 6.42 Å². The minimum absolute atomic E-state index is 0.0359. The Morgan fingerprint density at radius 3 is 2.50 bits per heavy atom. The molecule has 4 atom stereocenters. The summed E-state index contributed by atoms with van der Waals surface area (Å²) in [7, 11) is 2.25. The Morgan fingerprint density at radius 1 is 1.21 bits per heavy atom. The van der Waals surface area contributed by atoms with Gasteiger partial charge in [-0.1, -0.05) is 13.8 Å². The lowest BCUT2D eigenvalue weighted by molar-refractivity contribution is -0.163. The van der Waals surface area contributed by atoms with Crippen molar-refractivity contribution in [2.45, 2.75) is 51.9 Å². The fraction of sp³-hybridized carbons (Fsp3) is 1.00. The first-order chi connectivity index (χ1) is 6.41. The zero-order valence-electron chi connectivity index (χ0n) is 10.1. The Balaban J connectivity index is 2.19. The van der Waals surface area contributed by atoms with Crippen molar-refractivity contribution in [2.24, 2.45) is 11.8 Å². The van der Waals surface area contributed by atoms with Crippen LogP contribution in [0.4, 0.5) is 0 Å². The number of ether oxygens (including phenoxy) is 1. The van der Waals surface area contributed by atoms with Gasteiger partial charge in [0.25, 0.3) is 0 Å². The number of fused-ring (bicyclic) bond motifs is 1. The van der Waals surface area contributed by atoms with E-state index in [-0.39, 0.29) is 5.60 Å². The monoisotopic (exact) mass is 197 g/mol. The average Bonchev–Trinajstić information content (AvgIpc) is 2.24. The van der Waals surface area contributed by atoms with Crippen LogP contribution in [0.15, 0.2) is 0 Å². The molecule has 1 aliphatic heterocycles. The Kier molecular flexibility index (Phi) is 2.39. The van der Waals surface area contributed by atoms with Crippen LogP contribution < -0.4 is 0 Å². The van der Waals surface area contributed by atoms with Gasteiger partial charge in [-0.2, -0.15) is 0 Å². The normalized spacial score (nSPS) is 47.8. The van der Waals surface area contributed by atoms with Crippen molar-refractivity contribution < 1.29 is 4.74 Å². The molecule has 0 aromatic rings. The Morgan fingerprint density at radius 2 is 1.86 bits per heavy atom. The molecule has 0 aromatic carbocycles. The van der Waals surface area contributed by atoms with Crippen LogP contribution in [-0.2, 0) is 4.74 Å². The minimum Gasteiger partial charge on any atom is -0.369 e. The van der Waals surface area contributed by atoms with Gasteiger partial charge in [0.1, 0.15) is 0 Å². The molecular weight excluding hydrogens is 174 g/mol. The molecule has 2 nitrogen and oxygen atoms in total. The third-order valence-electron chi connectivity index (χ3n) is 3.82. The van der Waals surface area contributed by atoms with Crippen LogP contribution >= 0.6 is 0 Å². The smallest absolute Gasteiger partial charge is 0.0766 e. The molecule has 1 heterocycles. The van der Waals surface area contributed by atoms with Crippen LogP contribution in [0.2, 0.25) is 0 Å². The summed E-state index contributed by atoms with van der Waals surface area (Å²) in [6.45, 7) is 10.2.